The minimum atomic E-state index is -1.10. The first-order valence-electron chi connectivity index (χ1n) is 5.74. The van der Waals surface area contributed by atoms with Crippen LogP contribution < -0.4 is 5.73 Å². The maximum Gasteiger partial charge on any atom is 0.337 e. The number of anilines is 1. The molecule has 0 aliphatic rings. The lowest BCUT2D eigenvalue weighted by molar-refractivity contribution is 0.0697. The maximum absolute atomic E-state index is 12.3. The quantitative estimate of drug-likeness (QED) is 0.652. The number of rotatable bonds is 3. The molecular weight excluding hydrogens is 242 g/mol. The van der Waals surface area contributed by atoms with Crippen LogP contribution in [-0.2, 0) is 0 Å². The fourth-order valence-corrected chi connectivity index (χ4v) is 1.88. The predicted molar refractivity (Wildman–Crippen MR) is 72.4 cm³/mol. The third kappa shape index (κ3) is 2.47. The molecule has 0 aliphatic carbocycles. The highest BCUT2D eigenvalue weighted by atomic mass is 16.4. The molecule has 3 N–H and O–H groups in total. The van der Waals surface area contributed by atoms with E-state index < -0.39 is 5.97 Å². The summed E-state index contributed by atoms with van der Waals surface area (Å²) in [6, 6.07) is 11.5. The molecule has 0 bridgehead atoms. The van der Waals surface area contributed by atoms with Crippen molar-refractivity contribution in [3.63, 3.8) is 0 Å². The Morgan fingerprint density at radius 3 is 2.32 bits per heavy atom. The molecule has 4 heteroatoms. The molecule has 0 spiro atoms. The monoisotopic (exact) mass is 255 g/mol. The van der Waals surface area contributed by atoms with Gasteiger partial charge in [0.2, 0.25) is 0 Å². The largest absolute Gasteiger partial charge is 0.478 e. The Morgan fingerprint density at radius 1 is 1.05 bits per heavy atom. The van der Waals surface area contributed by atoms with E-state index in [4.69, 9.17) is 10.8 Å². The molecule has 19 heavy (non-hydrogen) atoms. The summed E-state index contributed by atoms with van der Waals surface area (Å²) in [5.41, 5.74) is 7.58. The predicted octanol–water partition coefficient (Wildman–Crippen LogP) is 2.51. The molecule has 0 saturated heterocycles. The van der Waals surface area contributed by atoms with Crippen LogP contribution in [0.3, 0.4) is 0 Å². The first-order chi connectivity index (χ1) is 9.00. The van der Waals surface area contributed by atoms with Gasteiger partial charge in [-0.05, 0) is 24.6 Å². The van der Waals surface area contributed by atoms with Gasteiger partial charge in [-0.1, -0.05) is 30.3 Å². The lowest BCUT2D eigenvalue weighted by Crippen LogP contribution is -2.07. The zero-order valence-electron chi connectivity index (χ0n) is 10.4. The molecule has 0 atom stereocenters. The Labute approximate surface area is 110 Å². The normalized spacial score (nSPS) is 10.2. The van der Waals surface area contributed by atoms with E-state index in [-0.39, 0.29) is 17.0 Å². The van der Waals surface area contributed by atoms with Gasteiger partial charge in [-0.25, -0.2) is 4.79 Å². The number of carbonyl (C=O) groups excluding carboxylic acids is 1. The average Bonchev–Trinajstić information content (AvgIpc) is 2.38. The summed E-state index contributed by atoms with van der Waals surface area (Å²) in [4.78, 5) is 23.2. The van der Waals surface area contributed by atoms with Gasteiger partial charge >= 0.3 is 5.97 Å². The van der Waals surface area contributed by atoms with Crippen molar-refractivity contribution in [3.05, 3.63) is 64.7 Å². The first-order valence-corrected chi connectivity index (χ1v) is 5.74. The van der Waals surface area contributed by atoms with Crippen LogP contribution in [0.5, 0.6) is 0 Å². The van der Waals surface area contributed by atoms with E-state index in [1.54, 1.807) is 12.1 Å². The fourth-order valence-electron chi connectivity index (χ4n) is 1.88. The number of aromatic carboxylic acids is 1. The lowest BCUT2D eigenvalue weighted by atomic mass is 9.98. The highest BCUT2D eigenvalue weighted by Gasteiger charge is 2.14. The van der Waals surface area contributed by atoms with Crippen molar-refractivity contribution >= 4 is 17.4 Å². The SMILES string of the molecule is Cc1ccccc1C(=O)c1ccc(C(=O)O)c(N)c1. The summed E-state index contributed by atoms with van der Waals surface area (Å²) in [6.07, 6.45) is 0. The smallest absolute Gasteiger partial charge is 0.337 e. The van der Waals surface area contributed by atoms with Crippen molar-refractivity contribution in [2.45, 2.75) is 6.92 Å². The summed E-state index contributed by atoms with van der Waals surface area (Å²) < 4.78 is 0. The van der Waals surface area contributed by atoms with E-state index in [1.807, 2.05) is 19.1 Å². The second-order valence-corrected chi connectivity index (χ2v) is 4.25. The molecule has 0 unspecified atom stereocenters. The maximum atomic E-state index is 12.3. The van der Waals surface area contributed by atoms with E-state index >= 15 is 0 Å². The average molecular weight is 255 g/mol. The molecular formula is C15H13NO3. The Balaban J connectivity index is 2.43. The minimum absolute atomic E-state index is 0.00123. The Morgan fingerprint density at radius 2 is 1.74 bits per heavy atom. The molecule has 96 valence electrons. The number of nitrogen functional groups attached to an aromatic ring is 1. The summed E-state index contributed by atoms with van der Waals surface area (Å²) >= 11 is 0. The number of carboxylic acid groups (broad SMARTS) is 1. The molecule has 2 aromatic rings. The van der Waals surface area contributed by atoms with Gasteiger partial charge in [0.1, 0.15) is 0 Å². The van der Waals surface area contributed by atoms with Crippen molar-refractivity contribution in [3.8, 4) is 0 Å². The number of aryl methyl sites for hydroxylation is 1. The first kappa shape index (κ1) is 12.8. The zero-order chi connectivity index (χ0) is 14.0. The van der Waals surface area contributed by atoms with Crippen LogP contribution >= 0.6 is 0 Å². The number of ketones is 1. The molecule has 2 rings (SSSR count). The summed E-state index contributed by atoms with van der Waals surface area (Å²) in [5.74, 6) is -1.27. The van der Waals surface area contributed by atoms with Crippen LogP contribution in [-0.4, -0.2) is 16.9 Å². The van der Waals surface area contributed by atoms with Crippen LogP contribution in [0, 0.1) is 6.92 Å². The number of nitrogens with two attached hydrogens (primary N) is 1. The van der Waals surface area contributed by atoms with Crippen LogP contribution in [0.4, 0.5) is 5.69 Å². The number of hydrogen-bond acceptors (Lipinski definition) is 3. The number of carbonyl (C=O) groups is 2. The van der Waals surface area contributed by atoms with E-state index in [2.05, 4.69) is 0 Å². The lowest BCUT2D eigenvalue weighted by Gasteiger charge is -2.07. The standard InChI is InChI=1S/C15H13NO3/c1-9-4-2-3-5-11(9)14(17)10-6-7-12(15(18)19)13(16)8-10/h2-8H,16H2,1H3,(H,18,19). The highest BCUT2D eigenvalue weighted by Crippen LogP contribution is 2.19. The van der Waals surface area contributed by atoms with Gasteiger partial charge in [0, 0.05) is 16.8 Å². The summed E-state index contributed by atoms with van der Waals surface area (Å²) in [7, 11) is 0. The minimum Gasteiger partial charge on any atom is -0.478 e. The van der Waals surface area contributed by atoms with Gasteiger partial charge in [0.05, 0.1) is 5.56 Å². The molecule has 0 saturated carbocycles. The van der Waals surface area contributed by atoms with E-state index in [9.17, 15) is 9.59 Å². The van der Waals surface area contributed by atoms with E-state index in [0.717, 1.165) is 5.56 Å². The Kier molecular flexibility index (Phi) is 3.33. The van der Waals surface area contributed by atoms with Crippen LogP contribution in [0.25, 0.3) is 0 Å². The van der Waals surface area contributed by atoms with Crippen molar-refractivity contribution < 1.29 is 14.7 Å². The van der Waals surface area contributed by atoms with Gasteiger partial charge in [-0.2, -0.15) is 0 Å². The zero-order valence-corrected chi connectivity index (χ0v) is 10.4. The van der Waals surface area contributed by atoms with Gasteiger partial charge in [-0.15, -0.1) is 0 Å². The van der Waals surface area contributed by atoms with Crippen molar-refractivity contribution in [2.75, 3.05) is 5.73 Å². The van der Waals surface area contributed by atoms with Crippen LogP contribution in [0.1, 0.15) is 31.8 Å². The number of carboxylic acids is 1. The van der Waals surface area contributed by atoms with E-state index in [1.165, 1.54) is 18.2 Å². The van der Waals surface area contributed by atoms with Gasteiger partial charge < -0.3 is 10.8 Å². The van der Waals surface area contributed by atoms with Crippen LogP contribution in [0.2, 0.25) is 0 Å². The molecule has 4 nitrogen and oxygen atoms in total. The molecule has 2 aromatic carbocycles. The molecule has 0 aliphatic heterocycles. The topological polar surface area (TPSA) is 80.4 Å². The Bertz CT molecular complexity index is 662. The third-order valence-electron chi connectivity index (χ3n) is 2.93. The second-order valence-electron chi connectivity index (χ2n) is 4.25. The third-order valence-corrected chi connectivity index (χ3v) is 2.93. The number of hydrogen-bond donors (Lipinski definition) is 2. The Hall–Kier alpha value is -2.62. The van der Waals surface area contributed by atoms with Crippen LogP contribution in [0.15, 0.2) is 42.5 Å². The van der Waals surface area contributed by atoms with Gasteiger partial charge in [0.25, 0.3) is 0 Å². The molecule has 0 radical (unpaired) electrons. The summed E-state index contributed by atoms with van der Waals surface area (Å²) in [6.45, 7) is 1.85. The fraction of sp³-hybridized carbons (Fsp3) is 0.0667. The molecule has 0 heterocycles. The van der Waals surface area contributed by atoms with E-state index in [0.29, 0.717) is 11.1 Å². The molecule has 0 aromatic heterocycles. The number of benzene rings is 2. The van der Waals surface area contributed by atoms with Crippen molar-refractivity contribution in [2.24, 2.45) is 0 Å². The molecule has 0 amide bonds. The second kappa shape index (κ2) is 4.94. The van der Waals surface area contributed by atoms with Gasteiger partial charge in [-0.3, -0.25) is 4.79 Å². The van der Waals surface area contributed by atoms with Gasteiger partial charge in [0.15, 0.2) is 5.78 Å². The summed E-state index contributed by atoms with van der Waals surface area (Å²) in [5, 5.41) is 8.89. The van der Waals surface area contributed by atoms with Crippen molar-refractivity contribution in [1.82, 2.24) is 0 Å². The van der Waals surface area contributed by atoms with Crippen molar-refractivity contribution in [1.29, 1.82) is 0 Å². The molecule has 0 fully saturated rings. The highest BCUT2D eigenvalue weighted by molar-refractivity contribution is 6.11.